The molecular weight excluding hydrogens is 528 g/mol. The van der Waals surface area contributed by atoms with E-state index < -0.39 is 6.10 Å². The van der Waals surface area contributed by atoms with Crippen LogP contribution in [0.4, 0.5) is 17.3 Å². The molecular formula is C28H34N8O3S. The van der Waals surface area contributed by atoms with Crippen molar-refractivity contribution in [2.75, 3.05) is 30.3 Å². The Bertz CT molecular complexity index is 1480. The molecule has 2 fully saturated rings. The van der Waals surface area contributed by atoms with Crippen molar-refractivity contribution < 1.29 is 14.6 Å². The van der Waals surface area contributed by atoms with Crippen LogP contribution in [0.25, 0.3) is 5.52 Å². The van der Waals surface area contributed by atoms with Gasteiger partial charge in [0.1, 0.15) is 5.52 Å². The lowest BCUT2D eigenvalue weighted by Crippen LogP contribution is -2.37. The molecule has 3 aromatic heterocycles. The van der Waals surface area contributed by atoms with Gasteiger partial charge in [-0.3, -0.25) is 14.8 Å². The molecule has 4 N–H and O–H groups in total. The van der Waals surface area contributed by atoms with Gasteiger partial charge in [0.15, 0.2) is 11.6 Å². The summed E-state index contributed by atoms with van der Waals surface area (Å²) in [5.74, 6) is 1.23. The molecule has 0 spiro atoms. The molecule has 2 atom stereocenters. The van der Waals surface area contributed by atoms with Crippen LogP contribution < -0.4 is 10.6 Å². The summed E-state index contributed by atoms with van der Waals surface area (Å²) in [7, 11) is 0. The quantitative estimate of drug-likeness (QED) is 0.239. The number of aromatic nitrogens is 5. The van der Waals surface area contributed by atoms with E-state index >= 15 is 0 Å². The Balaban J connectivity index is 1.05. The average molecular weight is 563 g/mol. The van der Waals surface area contributed by atoms with Crippen LogP contribution in [0.15, 0.2) is 58.7 Å². The van der Waals surface area contributed by atoms with Gasteiger partial charge in [-0.25, -0.2) is 9.50 Å². The zero-order valence-corrected chi connectivity index (χ0v) is 23.4. The molecule has 0 bridgehead atoms. The summed E-state index contributed by atoms with van der Waals surface area (Å²) in [4.78, 5) is 20.3. The second-order valence-corrected chi connectivity index (χ2v) is 11.9. The number of H-pyrrole nitrogens is 1. The van der Waals surface area contributed by atoms with Crippen LogP contribution in [0.1, 0.15) is 38.3 Å². The Morgan fingerprint density at radius 1 is 1.23 bits per heavy atom. The maximum absolute atomic E-state index is 12.7. The van der Waals surface area contributed by atoms with E-state index in [4.69, 9.17) is 9.72 Å². The second kappa shape index (κ2) is 11.2. The lowest BCUT2D eigenvalue weighted by molar-refractivity contribution is -0.117. The SMILES string of the molecule is Cc1cc(Nc2nc(Sc3ccc(NC(=O)CN4C[C@@H](O)[C@H](OC5(C)CCCC5)C4)cc3)nn3cccc23)n[nH]1. The number of nitrogens with one attached hydrogen (secondary N) is 3. The predicted molar refractivity (Wildman–Crippen MR) is 153 cm³/mol. The zero-order chi connectivity index (χ0) is 27.7. The number of carbonyl (C=O) groups excluding carboxylic acids is 1. The van der Waals surface area contributed by atoms with Gasteiger partial charge < -0.3 is 20.5 Å². The summed E-state index contributed by atoms with van der Waals surface area (Å²) in [5.41, 5.74) is 2.35. The van der Waals surface area contributed by atoms with Crippen LogP contribution in [0.5, 0.6) is 0 Å². The first-order valence-corrected chi connectivity index (χ1v) is 14.4. The second-order valence-electron chi connectivity index (χ2n) is 10.9. The van der Waals surface area contributed by atoms with Crippen molar-refractivity contribution in [3.05, 3.63) is 54.4 Å². The zero-order valence-electron chi connectivity index (χ0n) is 22.6. The molecule has 0 unspecified atom stereocenters. The molecule has 0 radical (unpaired) electrons. The van der Waals surface area contributed by atoms with E-state index in [1.54, 1.807) is 4.52 Å². The van der Waals surface area contributed by atoms with Gasteiger partial charge in [-0.2, -0.15) is 5.10 Å². The van der Waals surface area contributed by atoms with Crippen LogP contribution in [0.2, 0.25) is 0 Å². The fourth-order valence-electron chi connectivity index (χ4n) is 5.45. The predicted octanol–water partition coefficient (Wildman–Crippen LogP) is 3.99. The molecule has 4 heterocycles. The lowest BCUT2D eigenvalue weighted by Gasteiger charge is -2.29. The fraction of sp³-hybridized carbons (Fsp3) is 0.429. The Morgan fingerprint density at radius 2 is 2.02 bits per heavy atom. The number of hydrogen-bond acceptors (Lipinski definition) is 9. The van der Waals surface area contributed by atoms with Gasteiger partial charge in [-0.05, 0) is 74.8 Å². The summed E-state index contributed by atoms with van der Waals surface area (Å²) < 4.78 is 8.06. The molecule has 2 aliphatic rings. The van der Waals surface area contributed by atoms with E-state index in [2.05, 4.69) is 32.9 Å². The van der Waals surface area contributed by atoms with Gasteiger partial charge in [0.05, 0.1) is 24.4 Å². The van der Waals surface area contributed by atoms with Crippen molar-refractivity contribution in [1.29, 1.82) is 0 Å². The number of nitrogens with zero attached hydrogens (tertiary/aromatic N) is 5. The Labute approximate surface area is 236 Å². The highest BCUT2D eigenvalue weighted by Crippen LogP contribution is 2.35. The normalized spacial score (nSPS) is 20.8. The van der Waals surface area contributed by atoms with E-state index in [-0.39, 0.29) is 24.2 Å². The number of amides is 1. The molecule has 6 rings (SSSR count). The molecule has 1 aromatic carbocycles. The van der Waals surface area contributed by atoms with Gasteiger partial charge in [-0.15, -0.1) is 5.10 Å². The van der Waals surface area contributed by atoms with Crippen molar-refractivity contribution in [3.8, 4) is 0 Å². The summed E-state index contributed by atoms with van der Waals surface area (Å²) >= 11 is 1.43. The molecule has 1 saturated heterocycles. The minimum atomic E-state index is -0.575. The first-order valence-electron chi connectivity index (χ1n) is 13.6. The summed E-state index contributed by atoms with van der Waals surface area (Å²) in [6.45, 7) is 5.28. The smallest absolute Gasteiger partial charge is 0.238 e. The number of aromatic amines is 1. The van der Waals surface area contributed by atoms with Crippen LogP contribution in [0.3, 0.4) is 0 Å². The highest BCUT2D eigenvalue weighted by atomic mass is 32.2. The summed E-state index contributed by atoms with van der Waals surface area (Å²) in [6.07, 6.45) is 5.45. The third-order valence-corrected chi connectivity index (χ3v) is 8.31. The highest BCUT2D eigenvalue weighted by Gasteiger charge is 2.39. The monoisotopic (exact) mass is 562 g/mol. The lowest BCUT2D eigenvalue weighted by atomic mass is 10.0. The average Bonchev–Trinajstić information content (AvgIpc) is 3.71. The molecule has 1 aliphatic carbocycles. The molecule has 12 heteroatoms. The number of anilines is 3. The van der Waals surface area contributed by atoms with Crippen LogP contribution in [-0.2, 0) is 9.53 Å². The summed E-state index contributed by atoms with van der Waals surface area (Å²) in [6, 6.07) is 13.4. The van der Waals surface area contributed by atoms with Crippen LogP contribution >= 0.6 is 11.8 Å². The number of carbonyl (C=O) groups is 1. The molecule has 1 aliphatic heterocycles. The molecule has 1 amide bonds. The van der Waals surface area contributed by atoms with Gasteiger partial charge in [0.25, 0.3) is 0 Å². The van der Waals surface area contributed by atoms with Crippen molar-refractivity contribution in [2.24, 2.45) is 0 Å². The number of aryl methyl sites for hydroxylation is 1. The fourth-order valence-corrected chi connectivity index (χ4v) is 6.20. The van der Waals surface area contributed by atoms with Crippen molar-refractivity contribution >= 4 is 40.5 Å². The van der Waals surface area contributed by atoms with Gasteiger partial charge >= 0.3 is 0 Å². The van der Waals surface area contributed by atoms with Crippen LogP contribution in [-0.4, -0.2) is 78.2 Å². The summed E-state index contributed by atoms with van der Waals surface area (Å²) in [5, 5.41) is 29.1. The number of aliphatic hydroxyl groups is 1. The number of aliphatic hydroxyl groups excluding tert-OH is 1. The first kappa shape index (κ1) is 26.8. The number of rotatable bonds is 9. The van der Waals surface area contributed by atoms with E-state index in [1.807, 2.05) is 60.5 Å². The number of fused-ring (bicyclic) bond motifs is 1. The van der Waals surface area contributed by atoms with Crippen LogP contribution in [0, 0.1) is 6.92 Å². The van der Waals surface area contributed by atoms with E-state index in [1.165, 1.54) is 24.6 Å². The van der Waals surface area contributed by atoms with Gasteiger partial charge in [0.2, 0.25) is 11.1 Å². The number of likely N-dealkylation sites (tertiary alicyclic amines) is 1. The standard InChI is InChI=1S/C28H34N8O3S/c1-18-14-24(33-32-18)30-26-21-6-5-13-36(21)34-27(31-26)40-20-9-7-19(8-10-20)29-25(38)17-35-15-22(37)23(16-35)39-28(2)11-3-4-12-28/h5-10,13-14,22-23,37H,3-4,11-12,15-17H2,1-2H3,(H,29,38)(H2,30,31,32,33,34)/t22-,23-/m1/s1. The maximum atomic E-state index is 12.7. The van der Waals surface area contributed by atoms with E-state index in [0.717, 1.165) is 28.9 Å². The third kappa shape index (κ3) is 6.15. The molecule has 4 aromatic rings. The third-order valence-electron chi connectivity index (χ3n) is 7.45. The van der Waals surface area contributed by atoms with Crippen molar-refractivity contribution in [2.45, 2.75) is 67.4 Å². The number of β-amino-alcohol motifs (C(OH)–C–C–N with tert-alkyl or cyclic N) is 1. The molecule has 1 saturated carbocycles. The largest absolute Gasteiger partial charge is 0.389 e. The minimum Gasteiger partial charge on any atom is -0.389 e. The van der Waals surface area contributed by atoms with E-state index in [0.29, 0.717) is 35.6 Å². The maximum Gasteiger partial charge on any atom is 0.238 e. The van der Waals surface area contributed by atoms with E-state index in [9.17, 15) is 9.90 Å². The van der Waals surface area contributed by atoms with Crippen molar-refractivity contribution in [1.82, 2.24) is 29.7 Å². The Morgan fingerprint density at radius 3 is 2.77 bits per heavy atom. The van der Waals surface area contributed by atoms with Gasteiger partial charge in [-0.1, -0.05) is 12.8 Å². The Hall–Kier alpha value is -3.45. The highest BCUT2D eigenvalue weighted by molar-refractivity contribution is 7.99. The van der Waals surface area contributed by atoms with Gasteiger partial charge in [0, 0.05) is 41.6 Å². The molecule has 40 heavy (non-hydrogen) atoms. The molecule has 210 valence electrons. The number of ether oxygens (including phenoxy) is 1. The number of benzene rings is 1. The number of hydrogen-bond donors (Lipinski definition) is 4. The Kier molecular flexibility index (Phi) is 7.49. The topological polar surface area (TPSA) is 133 Å². The van der Waals surface area contributed by atoms with Crippen molar-refractivity contribution in [3.63, 3.8) is 0 Å². The minimum absolute atomic E-state index is 0.119. The first-order chi connectivity index (χ1) is 19.3. The molecule has 11 nitrogen and oxygen atoms in total.